The van der Waals surface area contributed by atoms with E-state index < -0.39 is 16.1 Å². The zero-order valence-corrected chi connectivity index (χ0v) is 11.8. The highest BCUT2D eigenvalue weighted by Crippen LogP contribution is 2.14. The highest BCUT2D eigenvalue weighted by Gasteiger charge is 2.14. The summed E-state index contributed by atoms with van der Waals surface area (Å²) in [6.07, 6.45) is 0.540. The monoisotopic (exact) mass is 285 g/mol. The molecule has 0 aliphatic heterocycles. The minimum atomic E-state index is -3.46. The lowest BCUT2D eigenvalue weighted by Gasteiger charge is -2.10. The minimum Gasteiger partial charge on any atom is -0.325 e. The van der Waals surface area contributed by atoms with Crippen molar-refractivity contribution in [2.45, 2.75) is 31.2 Å². The van der Waals surface area contributed by atoms with E-state index in [9.17, 15) is 13.2 Å². The van der Waals surface area contributed by atoms with Crippen LogP contribution in [0.15, 0.2) is 29.2 Å². The molecule has 0 bridgehead atoms. The predicted octanol–water partition coefficient (Wildman–Crippen LogP) is 0.661. The molecular formula is C12H19N3O3S. The smallest absolute Gasteiger partial charge is 0.241 e. The molecule has 0 aliphatic carbocycles. The number of anilines is 1. The molecule has 0 unspecified atom stereocenters. The van der Waals surface area contributed by atoms with Crippen molar-refractivity contribution in [3.8, 4) is 0 Å². The van der Waals surface area contributed by atoms with Crippen LogP contribution < -0.4 is 15.8 Å². The van der Waals surface area contributed by atoms with Gasteiger partial charge in [-0.1, -0.05) is 13.8 Å². The average molecular weight is 285 g/mol. The van der Waals surface area contributed by atoms with Gasteiger partial charge in [0.2, 0.25) is 15.9 Å². The van der Waals surface area contributed by atoms with E-state index in [-0.39, 0.29) is 10.8 Å². The molecule has 0 fully saturated rings. The van der Waals surface area contributed by atoms with E-state index in [0.717, 1.165) is 0 Å². The Morgan fingerprint density at radius 2 is 1.84 bits per heavy atom. The summed E-state index contributed by atoms with van der Waals surface area (Å²) in [5, 5.41) is 2.62. The van der Waals surface area contributed by atoms with E-state index >= 15 is 0 Å². The molecule has 1 aromatic rings. The first-order chi connectivity index (χ1) is 8.90. The summed E-state index contributed by atoms with van der Waals surface area (Å²) in [4.78, 5) is 11.7. The number of nitrogens with two attached hydrogens (primary N) is 1. The molecule has 7 heteroatoms. The molecule has 0 saturated carbocycles. The van der Waals surface area contributed by atoms with E-state index in [2.05, 4.69) is 10.0 Å². The lowest BCUT2D eigenvalue weighted by molar-refractivity contribution is -0.117. The van der Waals surface area contributed by atoms with Crippen LogP contribution in [0.25, 0.3) is 0 Å². The Balaban J connectivity index is 2.80. The summed E-state index contributed by atoms with van der Waals surface area (Å²) in [6.45, 7) is 3.85. The van der Waals surface area contributed by atoms with Crippen molar-refractivity contribution in [2.24, 2.45) is 5.73 Å². The van der Waals surface area contributed by atoms with Gasteiger partial charge in [-0.25, -0.2) is 13.1 Å². The number of hydrogen-bond acceptors (Lipinski definition) is 4. The Labute approximate surface area is 113 Å². The normalized spacial score (nSPS) is 13.0. The Hall–Kier alpha value is -1.44. The van der Waals surface area contributed by atoms with E-state index in [1.165, 1.54) is 24.3 Å². The van der Waals surface area contributed by atoms with Crippen molar-refractivity contribution in [3.63, 3.8) is 0 Å². The van der Waals surface area contributed by atoms with Crippen LogP contribution in [0.1, 0.15) is 20.3 Å². The van der Waals surface area contributed by atoms with Crippen molar-refractivity contribution < 1.29 is 13.2 Å². The number of rotatable bonds is 6. The fourth-order valence-electron chi connectivity index (χ4n) is 1.41. The predicted molar refractivity (Wildman–Crippen MR) is 74.2 cm³/mol. The van der Waals surface area contributed by atoms with Crippen molar-refractivity contribution >= 4 is 21.6 Å². The second-order valence-electron chi connectivity index (χ2n) is 4.03. The fourth-order valence-corrected chi connectivity index (χ4v) is 2.45. The van der Waals surface area contributed by atoms with Gasteiger partial charge in [0.25, 0.3) is 0 Å². The summed E-state index contributed by atoms with van der Waals surface area (Å²) in [5.41, 5.74) is 6.10. The highest BCUT2D eigenvalue weighted by atomic mass is 32.2. The Morgan fingerprint density at radius 1 is 1.26 bits per heavy atom. The average Bonchev–Trinajstić information content (AvgIpc) is 2.38. The molecule has 1 aromatic carbocycles. The third kappa shape index (κ3) is 4.30. The molecular weight excluding hydrogens is 266 g/mol. The maximum Gasteiger partial charge on any atom is 0.241 e. The molecule has 0 aliphatic rings. The summed E-state index contributed by atoms with van der Waals surface area (Å²) in [6, 6.07) is 5.37. The summed E-state index contributed by atoms with van der Waals surface area (Å²) in [5.74, 6) is -0.287. The quantitative estimate of drug-likeness (QED) is 0.714. The van der Waals surface area contributed by atoms with Gasteiger partial charge in [0, 0.05) is 12.2 Å². The summed E-state index contributed by atoms with van der Waals surface area (Å²) >= 11 is 0. The van der Waals surface area contributed by atoms with Crippen LogP contribution in [-0.2, 0) is 14.8 Å². The molecule has 0 heterocycles. The standard InChI is InChI=1S/C12H19N3O3S/c1-3-11(13)12(16)15-9-5-7-10(8-6-9)19(17,18)14-4-2/h5-8,11,14H,3-4,13H2,1-2H3,(H,15,16)/t11-/m1/s1. The number of nitrogens with one attached hydrogen (secondary N) is 2. The molecule has 0 aromatic heterocycles. The van der Waals surface area contributed by atoms with E-state index in [1.54, 1.807) is 6.92 Å². The second-order valence-corrected chi connectivity index (χ2v) is 5.80. The molecule has 1 amide bonds. The van der Waals surface area contributed by atoms with Gasteiger partial charge in [-0.2, -0.15) is 0 Å². The van der Waals surface area contributed by atoms with Crippen LogP contribution in [0.4, 0.5) is 5.69 Å². The number of carbonyl (C=O) groups is 1. The third-order valence-electron chi connectivity index (χ3n) is 2.54. The first kappa shape index (κ1) is 15.6. The van der Waals surface area contributed by atoms with E-state index in [1.807, 2.05) is 6.92 Å². The van der Waals surface area contributed by atoms with Crippen molar-refractivity contribution in [1.82, 2.24) is 4.72 Å². The molecule has 6 nitrogen and oxygen atoms in total. The lowest BCUT2D eigenvalue weighted by Crippen LogP contribution is -2.34. The number of amides is 1. The van der Waals surface area contributed by atoms with Crippen molar-refractivity contribution in [1.29, 1.82) is 0 Å². The number of carbonyl (C=O) groups excluding carboxylic acids is 1. The summed E-state index contributed by atoms with van der Waals surface area (Å²) < 4.78 is 25.8. The fraction of sp³-hybridized carbons (Fsp3) is 0.417. The molecule has 0 saturated heterocycles. The van der Waals surface area contributed by atoms with E-state index in [4.69, 9.17) is 5.73 Å². The van der Waals surface area contributed by atoms with Crippen molar-refractivity contribution in [2.75, 3.05) is 11.9 Å². The topological polar surface area (TPSA) is 101 Å². The zero-order chi connectivity index (χ0) is 14.5. The first-order valence-corrected chi connectivity index (χ1v) is 7.55. The number of hydrogen-bond donors (Lipinski definition) is 3. The molecule has 4 N–H and O–H groups in total. The number of benzene rings is 1. The minimum absolute atomic E-state index is 0.159. The van der Waals surface area contributed by atoms with Gasteiger partial charge < -0.3 is 11.1 Å². The maximum atomic E-state index is 11.7. The highest BCUT2D eigenvalue weighted by molar-refractivity contribution is 7.89. The van der Waals surface area contributed by atoms with Crippen LogP contribution in [-0.4, -0.2) is 26.9 Å². The Bertz CT molecular complexity index is 526. The van der Waals surface area contributed by atoms with Gasteiger partial charge in [0.05, 0.1) is 10.9 Å². The lowest BCUT2D eigenvalue weighted by atomic mass is 10.2. The maximum absolute atomic E-state index is 11.7. The van der Waals surface area contributed by atoms with Gasteiger partial charge in [0.1, 0.15) is 0 Å². The molecule has 106 valence electrons. The largest absolute Gasteiger partial charge is 0.325 e. The van der Waals surface area contributed by atoms with Gasteiger partial charge >= 0.3 is 0 Å². The first-order valence-electron chi connectivity index (χ1n) is 6.07. The van der Waals surface area contributed by atoms with Gasteiger partial charge in [-0.05, 0) is 30.7 Å². The Kier molecular flexibility index (Phi) is 5.46. The van der Waals surface area contributed by atoms with Crippen LogP contribution in [0, 0.1) is 0 Å². The molecule has 0 spiro atoms. The number of sulfonamides is 1. The molecule has 1 atom stereocenters. The van der Waals surface area contributed by atoms with Crippen LogP contribution in [0.2, 0.25) is 0 Å². The van der Waals surface area contributed by atoms with Crippen LogP contribution in [0.5, 0.6) is 0 Å². The van der Waals surface area contributed by atoms with Crippen LogP contribution in [0.3, 0.4) is 0 Å². The van der Waals surface area contributed by atoms with Gasteiger partial charge in [-0.3, -0.25) is 4.79 Å². The third-order valence-corrected chi connectivity index (χ3v) is 4.10. The molecule has 0 radical (unpaired) electrons. The van der Waals surface area contributed by atoms with Gasteiger partial charge in [-0.15, -0.1) is 0 Å². The molecule has 19 heavy (non-hydrogen) atoms. The van der Waals surface area contributed by atoms with Crippen molar-refractivity contribution in [3.05, 3.63) is 24.3 Å². The summed E-state index contributed by atoms with van der Waals surface area (Å²) in [7, 11) is -3.46. The second kappa shape index (κ2) is 6.65. The van der Waals surface area contributed by atoms with Gasteiger partial charge in [0.15, 0.2) is 0 Å². The molecule has 1 rings (SSSR count). The Morgan fingerprint density at radius 3 is 2.32 bits per heavy atom. The SMILES string of the molecule is CCNS(=O)(=O)c1ccc(NC(=O)[C@H](N)CC)cc1. The zero-order valence-electron chi connectivity index (χ0n) is 11.0. The van der Waals surface area contributed by atoms with E-state index in [0.29, 0.717) is 18.7 Å². The van der Waals surface area contributed by atoms with Crippen LogP contribution >= 0.6 is 0 Å².